The molecule has 0 spiro atoms. The maximum absolute atomic E-state index is 13.1. The summed E-state index contributed by atoms with van der Waals surface area (Å²) in [6, 6.07) is 14.2. The lowest BCUT2D eigenvalue weighted by molar-refractivity contribution is -0.118. The largest absolute Gasteiger partial charge is 0.464 e. The van der Waals surface area contributed by atoms with Crippen molar-refractivity contribution in [2.45, 2.75) is 19.3 Å². The molecule has 2 bridgehead atoms. The number of carbonyl (C=O) groups is 1. The number of hydrogen-bond acceptors (Lipinski definition) is 2. The summed E-state index contributed by atoms with van der Waals surface area (Å²) in [5, 5.41) is 0. The Labute approximate surface area is 129 Å². The minimum Gasteiger partial charge on any atom is -0.464 e. The number of furan rings is 1. The molecule has 2 aromatic rings. The van der Waals surface area contributed by atoms with Gasteiger partial charge in [-0.15, -0.1) is 0 Å². The predicted molar refractivity (Wildman–Crippen MR) is 84.8 cm³/mol. The van der Waals surface area contributed by atoms with Crippen LogP contribution in [0.2, 0.25) is 0 Å². The van der Waals surface area contributed by atoms with Crippen molar-refractivity contribution in [3.8, 4) is 0 Å². The SMILES string of the molecule is O=C1C(c2ccco2)=C(c2ccccc2)[C@@H]2[C@H]3CC[C@H](C3)[C@H]12. The van der Waals surface area contributed by atoms with E-state index in [0.717, 1.165) is 11.3 Å². The van der Waals surface area contributed by atoms with Gasteiger partial charge in [-0.25, -0.2) is 0 Å². The average molecular weight is 290 g/mol. The number of hydrogen-bond donors (Lipinski definition) is 0. The van der Waals surface area contributed by atoms with Gasteiger partial charge in [0, 0.05) is 5.92 Å². The van der Waals surface area contributed by atoms with E-state index in [-0.39, 0.29) is 5.92 Å². The molecule has 3 aliphatic carbocycles. The number of allylic oxidation sites excluding steroid dienone is 2. The Bertz CT molecular complexity index is 754. The van der Waals surface area contributed by atoms with Gasteiger partial charge in [0.05, 0.1) is 11.8 Å². The lowest BCUT2D eigenvalue weighted by atomic mass is 9.77. The van der Waals surface area contributed by atoms with Crippen LogP contribution in [0.15, 0.2) is 53.1 Å². The van der Waals surface area contributed by atoms with Gasteiger partial charge < -0.3 is 4.42 Å². The maximum atomic E-state index is 13.1. The average Bonchev–Trinajstić information content (AvgIpc) is 3.30. The fourth-order valence-electron chi connectivity index (χ4n) is 5.18. The van der Waals surface area contributed by atoms with E-state index in [1.165, 1.54) is 30.4 Å². The van der Waals surface area contributed by atoms with Gasteiger partial charge in [-0.05, 0) is 60.3 Å². The van der Waals surface area contributed by atoms with Crippen molar-refractivity contribution in [3.05, 3.63) is 60.1 Å². The van der Waals surface area contributed by atoms with Gasteiger partial charge in [-0.2, -0.15) is 0 Å². The van der Waals surface area contributed by atoms with Crippen LogP contribution in [0.3, 0.4) is 0 Å². The monoisotopic (exact) mass is 290 g/mol. The third-order valence-corrected chi connectivity index (χ3v) is 5.92. The summed E-state index contributed by atoms with van der Waals surface area (Å²) in [7, 11) is 0. The maximum Gasteiger partial charge on any atom is 0.170 e. The van der Waals surface area contributed by atoms with Gasteiger partial charge >= 0.3 is 0 Å². The normalized spacial score (nSPS) is 32.8. The summed E-state index contributed by atoms with van der Waals surface area (Å²) in [6.07, 6.45) is 5.41. The smallest absolute Gasteiger partial charge is 0.170 e. The Hall–Kier alpha value is -2.09. The summed E-state index contributed by atoms with van der Waals surface area (Å²) in [6.45, 7) is 0. The van der Waals surface area contributed by atoms with Crippen molar-refractivity contribution in [3.63, 3.8) is 0 Å². The molecule has 1 heterocycles. The number of ketones is 1. The second kappa shape index (κ2) is 4.45. The first-order valence-corrected chi connectivity index (χ1v) is 8.22. The molecule has 22 heavy (non-hydrogen) atoms. The zero-order valence-electron chi connectivity index (χ0n) is 12.4. The second-order valence-electron chi connectivity index (χ2n) is 6.88. The molecule has 5 rings (SSSR count). The van der Waals surface area contributed by atoms with Crippen molar-refractivity contribution < 1.29 is 9.21 Å². The molecule has 0 N–H and O–H groups in total. The Kier molecular flexibility index (Phi) is 2.52. The van der Waals surface area contributed by atoms with E-state index in [9.17, 15) is 4.79 Å². The highest BCUT2D eigenvalue weighted by molar-refractivity contribution is 6.32. The standard InChI is InChI=1S/C20H18O2/c21-20-18-14-9-8-13(11-14)17(18)16(12-5-2-1-3-6-12)19(20)15-7-4-10-22-15/h1-7,10,13-14,17-18H,8-9,11H2/t13-,14+,17-,18-/m0/s1. The first-order chi connectivity index (χ1) is 10.8. The third-order valence-electron chi connectivity index (χ3n) is 5.92. The van der Waals surface area contributed by atoms with Crippen molar-refractivity contribution >= 4 is 16.9 Å². The Morgan fingerprint density at radius 2 is 1.68 bits per heavy atom. The van der Waals surface area contributed by atoms with Crippen molar-refractivity contribution in [1.82, 2.24) is 0 Å². The van der Waals surface area contributed by atoms with Gasteiger partial charge in [-0.1, -0.05) is 30.3 Å². The summed E-state index contributed by atoms with van der Waals surface area (Å²) >= 11 is 0. The number of fused-ring (bicyclic) bond motifs is 5. The van der Waals surface area contributed by atoms with E-state index < -0.39 is 0 Å². The minimum absolute atomic E-state index is 0.203. The topological polar surface area (TPSA) is 30.2 Å². The van der Waals surface area contributed by atoms with E-state index in [1.54, 1.807) is 6.26 Å². The van der Waals surface area contributed by atoms with Crippen LogP contribution in [0, 0.1) is 23.7 Å². The van der Waals surface area contributed by atoms with Crippen molar-refractivity contribution in [2.24, 2.45) is 23.7 Å². The van der Waals surface area contributed by atoms with Crippen LogP contribution in [0.4, 0.5) is 0 Å². The van der Waals surface area contributed by atoms with E-state index in [2.05, 4.69) is 24.3 Å². The van der Waals surface area contributed by atoms with Crippen LogP contribution in [-0.2, 0) is 4.79 Å². The molecule has 2 saturated carbocycles. The van der Waals surface area contributed by atoms with Gasteiger partial charge in [0.1, 0.15) is 5.76 Å². The number of carbonyl (C=O) groups excluding carboxylic acids is 1. The summed E-state index contributed by atoms with van der Waals surface area (Å²) in [4.78, 5) is 13.1. The number of benzene rings is 1. The molecule has 2 nitrogen and oxygen atoms in total. The van der Waals surface area contributed by atoms with E-state index in [0.29, 0.717) is 23.5 Å². The molecule has 1 aromatic heterocycles. The molecule has 2 heteroatoms. The van der Waals surface area contributed by atoms with Crippen LogP contribution in [0.1, 0.15) is 30.6 Å². The van der Waals surface area contributed by atoms with Gasteiger partial charge in [0.2, 0.25) is 0 Å². The van der Waals surface area contributed by atoms with Crippen LogP contribution < -0.4 is 0 Å². The summed E-state index contributed by atoms with van der Waals surface area (Å²) < 4.78 is 5.62. The van der Waals surface area contributed by atoms with Gasteiger partial charge in [0.25, 0.3) is 0 Å². The number of rotatable bonds is 2. The molecule has 0 saturated heterocycles. The van der Waals surface area contributed by atoms with Gasteiger partial charge in [0.15, 0.2) is 5.78 Å². The Morgan fingerprint density at radius 3 is 2.41 bits per heavy atom. The first-order valence-electron chi connectivity index (χ1n) is 8.22. The van der Waals surface area contributed by atoms with Crippen molar-refractivity contribution in [2.75, 3.05) is 0 Å². The highest BCUT2D eigenvalue weighted by Gasteiger charge is 2.57. The van der Waals surface area contributed by atoms with Crippen LogP contribution in [-0.4, -0.2) is 5.78 Å². The highest BCUT2D eigenvalue weighted by Crippen LogP contribution is 2.62. The van der Waals surface area contributed by atoms with E-state index in [4.69, 9.17) is 4.42 Å². The van der Waals surface area contributed by atoms with Crippen molar-refractivity contribution in [1.29, 1.82) is 0 Å². The third kappa shape index (κ3) is 1.53. The molecular formula is C20H18O2. The molecule has 110 valence electrons. The molecule has 4 atom stereocenters. The molecule has 0 radical (unpaired) electrons. The Morgan fingerprint density at radius 1 is 0.909 bits per heavy atom. The predicted octanol–water partition coefficient (Wildman–Crippen LogP) is 4.44. The van der Waals surface area contributed by atoms with E-state index >= 15 is 0 Å². The van der Waals surface area contributed by atoms with Gasteiger partial charge in [-0.3, -0.25) is 4.79 Å². The highest BCUT2D eigenvalue weighted by atomic mass is 16.3. The number of Topliss-reactive ketones (excluding diaryl/α,β-unsaturated/α-hetero) is 1. The molecule has 1 aromatic carbocycles. The zero-order chi connectivity index (χ0) is 14.7. The molecule has 3 aliphatic rings. The zero-order valence-corrected chi connectivity index (χ0v) is 12.4. The summed E-state index contributed by atoms with van der Waals surface area (Å²) in [5.41, 5.74) is 3.29. The molecule has 2 fully saturated rings. The molecular weight excluding hydrogens is 272 g/mol. The second-order valence-corrected chi connectivity index (χ2v) is 6.88. The Balaban J connectivity index is 1.75. The van der Waals surface area contributed by atoms with Crippen LogP contribution in [0.5, 0.6) is 0 Å². The fraction of sp³-hybridized carbons (Fsp3) is 0.350. The quantitative estimate of drug-likeness (QED) is 0.818. The fourth-order valence-corrected chi connectivity index (χ4v) is 5.18. The van der Waals surface area contributed by atoms with E-state index in [1.807, 2.05) is 18.2 Å². The first kappa shape index (κ1) is 12.5. The molecule has 0 unspecified atom stereocenters. The summed E-state index contributed by atoms with van der Waals surface area (Å²) in [5.74, 6) is 2.96. The molecule has 0 amide bonds. The minimum atomic E-state index is 0.203. The van der Waals surface area contributed by atoms with Crippen LogP contribution in [0.25, 0.3) is 11.1 Å². The molecule has 0 aliphatic heterocycles. The lowest BCUT2D eigenvalue weighted by Gasteiger charge is -2.26. The lowest BCUT2D eigenvalue weighted by Crippen LogP contribution is -2.24. The van der Waals surface area contributed by atoms with Crippen LogP contribution >= 0.6 is 0 Å².